The molecule has 0 atom stereocenters. The number of nitrogens with one attached hydrogen (secondary N) is 1. The lowest BCUT2D eigenvalue weighted by molar-refractivity contribution is 0.142. The number of piperazine rings is 1. The minimum atomic E-state index is -0.179. The van der Waals surface area contributed by atoms with Gasteiger partial charge in [0.25, 0.3) is 5.56 Å². The second-order valence-electron chi connectivity index (χ2n) is 8.22. The number of nitrogens with zero attached hydrogens (tertiary/aromatic N) is 5. The number of carbonyl (C=O) groups excluding carboxylic acids is 1. The summed E-state index contributed by atoms with van der Waals surface area (Å²) in [7, 11) is 0. The topological polar surface area (TPSA) is 101 Å². The van der Waals surface area contributed by atoms with Crippen molar-refractivity contribution in [1.82, 2.24) is 24.4 Å². The molecule has 0 aliphatic carbocycles. The standard InChI is InChI=1S/C23H22N6O4S2/c30-20-13-16(25-23-29(20)26-21(35-23)19-2-1-11-34-19)14-27-5-7-28(8-6-27)22(31)24-15-3-4-17-18(12-15)33-10-9-32-17/h1-4,11-13H,5-10,14H2,(H,24,31). The first-order valence-electron chi connectivity index (χ1n) is 11.2. The third kappa shape index (κ3) is 4.59. The molecule has 0 spiro atoms. The van der Waals surface area contributed by atoms with E-state index in [1.807, 2.05) is 23.6 Å². The molecule has 1 fully saturated rings. The molecule has 0 radical (unpaired) electrons. The summed E-state index contributed by atoms with van der Waals surface area (Å²) in [5, 5.41) is 10.1. The molecule has 1 N–H and O–H groups in total. The molecular weight excluding hydrogens is 488 g/mol. The SMILES string of the molecule is O=C(Nc1ccc2c(c1)OCCO2)N1CCN(Cc2cc(=O)n3nc(-c4cccs4)sc3n2)CC1. The molecular formula is C23H22N6O4S2. The number of carbonyl (C=O) groups is 1. The number of hydrogen-bond acceptors (Lipinski definition) is 9. The van der Waals surface area contributed by atoms with Crippen molar-refractivity contribution in [3.05, 3.63) is 57.8 Å². The van der Waals surface area contributed by atoms with E-state index in [-0.39, 0.29) is 11.6 Å². The molecule has 1 aromatic carbocycles. The highest BCUT2D eigenvalue weighted by Crippen LogP contribution is 2.32. The van der Waals surface area contributed by atoms with E-state index in [2.05, 4.69) is 20.3 Å². The van der Waals surface area contributed by atoms with E-state index in [1.54, 1.807) is 34.4 Å². The van der Waals surface area contributed by atoms with E-state index in [9.17, 15) is 9.59 Å². The molecule has 6 rings (SSSR count). The van der Waals surface area contributed by atoms with Crippen LogP contribution >= 0.6 is 22.7 Å². The lowest BCUT2D eigenvalue weighted by Gasteiger charge is -2.34. The quantitative estimate of drug-likeness (QED) is 0.450. The van der Waals surface area contributed by atoms with Crippen LogP contribution in [0.4, 0.5) is 10.5 Å². The van der Waals surface area contributed by atoms with Gasteiger partial charge in [-0.25, -0.2) is 9.78 Å². The number of ether oxygens (including phenoxy) is 2. The summed E-state index contributed by atoms with van der Waals surface area (Å²) >= 11 is 3.00. The van der Waals surface area contributed by atoms with Gasteiger partial charge in [-0.2, -0.15) is 9.61 Å². The Morgan fingerprint density at radius 3 is 2.69 bits per heavy atom. The first kappa shape index (κ1) is 22.0. The zero-order chi connectivity index (χ0) is 23.8. The second kappa shape index (κ2) is 9.29. The van der Waals surface area contributed by atoms with Crippen LogP contribution in [0, 0.1) is 0 Å². The van der Waals surface area contributed by atoms with Crippen molar-refractivity contribution in [2.75, 3.05) is 44.7 Å². The maximum atomic E-state index is 12.8. The maximum Gasteiger partial charge on any atom is 0.321 e. The molecule has 2 aliphatic rings. The fourth-order valence-electron chi connectivity index (χ4n) is 4.10. The van der Waals surface area contributed by atoms with Crippen molar-refractivity contribution in [1.29, 1.82) is 0 Å². The van der Waals surface area contributed by atoms with Gasteiger partial charge in [0.05, 0.1) is 10.6 Å². The van der Waals surface area contributed by atoms with Crippen LogP contribution < -0.4 is 20.3 Å². The van der Waals surface area contributed by atoms with Gasteiger partial charge in [-0.3, -0.25) is 9.69 Å². The average Bonchev–Trinajstić information content (AvgIpc) is 3.55. The minimum absolute atomic E-state index is 0.148. The van der Waals surface area contributed by atoms with Crippen molar-refractivity contribution in [3.8, 4) is 21.4 Å². The first-order chi connectivity index (χ1) is 17.1. The Morgan fingerprint density at radius 2 is 1.89 bits per heavy atom. The largest absolute Gasteiger partial charge is 0.486 e. The summed E-state index contributed by atoms with van der Waals surface area (Å²) in [5.74, 6) is 1.33. The molecule has 2 aliphatic heterocycles. The Bertz CT molecular complexity index is 1430. The molecule has 4 aromatic rings. The Balaban J connectivity index is 1.07. The predicted octanol–water partition coefficient (Wildman–Crippen LogP) is 3.00. The van der Waals surface area contributed by atoms with Gasteiger partial charge in [-0.05, 0) is 23.6 Å². The number of hydrogen-bond donors (Lipinski definition) is 1. The fraction of sp³-hybridized carbons (Fsp3) is 0.304. The molecule has 0 bridgehead atoms. The highest BCUT2D eigenvalue weighted by molar-refractivity contribution is 7.23. The smallest absolute Gasteiger partial charge is 0.321 e. The van der Waals surface area contributed by atoms with E-state index >= 15 is 0 Å². The van der Waals surface area contributed by atoms with Crippen molar-refractivity contribution >= 4 is 39.4 Å². The number of urea groups is 1. The highest BCUT2D eigenvalue weighted by Gasteiger charge is 2.23. The number of anilines is 1. The van der Waals surface area contributed by atoms with E-state index in [1.165, 1.54) is 15.9 Å². The molecule has 12 heteroatoms. The monoisotopic (exact) mass is 510 g/mol. The summed E-state index contributed by atoms with van der Waals surface area (Å²) in [5.41, 5.74) is 1.21. The first-order valence-corrected chi connectivity index (χ1v) is 12.9. The van der Waals surface area contributed by atoms with Crippen LogP contribution in [0.5, 0.6) is 11.5 Å². The molecule has 35 heavy (non-hydrogen) atoms. The van der Waals surface area contributed by atoms with Gasteiger partial charge in [0, 0.05) is 50.5 Å². The lowest BCUT2D eigenvalue weighted by atomic mass is 10.2. The van der Waals surface area contributed by atoms with Crippen LogP contribution in [-0.2, 0) is 6.54 Å². The average molecular weight is 511 g/mol. The molecule has 0 unspecified atom stereocenters. The number of rotatable bonds is 4. The summed E-state index contributed by atoms with van der Waals surface area (Å²) in [4.78, 5) is 35.6. The normalized spacial score (nSPS) is 15.9. The third-order valence-electron chi connectivity index (χ3n) is 5.87. The van der Waals surface area contributed by atoms with Crippen molar-refractivity contribution < 1.29 is 14.3 Å². The lowest BCUT2D eigenvalue weighted by Crippen LogP contribution is -2.49. The van der Waals surface area contributed by atoms with Crippen molar-refractivity contribution in [2.45, 2.75) is 6.54 Å². The third-order valence-corrected chi connectivity index (χ3v) is 7.82. The van der Waals surface area contributed by atoms with Crippen molar-refractivity contribution in [3.63, 3.8) is 0 Å². The molecule has 0 saturated carbocycles. The van der Waals surface area contributed by atoms with Gasteiger partial charge < -0.3 is 19.7 Å². The summed E-state index contributed by atoms with van der Waals surface area (Å²) in [6.45, 7) is 4.13. The number of benzene rings is 1. The van der Waals surface area contributed by atoms with Gasteiger partial charge in [-0.15, -0.1) is 11.3 Å². The zero-order valence-corrected chi connectivity index (χ0v) is 20.3. The summed E-state index contributed by atoms with van der Waals surface area (Å²) in [6, 6.07) is 10.7. The van der Waals surface area contributed by atoms with E-state index < -0.39 is 0 Å². The van der Waals surface area contributed by atoms with Crippen molar-refractivity contribution in [2.24, 2.45) is 0 Å². The van der Waals surface area contributed by atoms with Gasteiger partial charge in [0.2, 0.25) is 4.96 Å². The summed E-state index contributed by atoms with van der Waals surface area (Å²) in [6.07, 6.45) is 0. The molecule has 10 nitrogen and oxygen atoms in total. The fourth-order valence-corrected chi connectivity index (χ4v) is 5.81. The Morgan fingerprint density at radius 1 is 1.06 bits per heavy atom. The molecule has 5 heterocycles. The molecule has 1 saturated heterocycles. The molecule has 3 aromatic heterocycles. The Labute approximate surface area is 208 Å². The predicted molar refractivity (Wildman–Crippen MR) is 134 cm³/mol. The number of thiophene rings is 1. The van der Waals surface area contributed by atoms with Gasteiger partial charge in [0.15, 0.2) is 16.5 Å². The van der Waals surface area contributed by atoms with E-state index in [4.69, 9.17) is 9.47 Å². The maximum absolute atomic E-state index is 12.8. The van der Waals surface area contributed by atoms with E-state index in [0.29, 0.717) is 73.8 Å². The zero-order valence-electron chi connectivity index (χ0n) is 18.7. The number of amides is 2. The number of fused-ring (bicyclic) bond motifs is 2. The van der Waals surface area contributed by atoms with Gasteiger partial charge in [-0.1, -0.05) is 17.4 Å². The highest BCUT2D eigenvalue weighted by atomic mass is 32.1. The van der Waals surface area contributed by atoms with Crippen LogP contribution in [-0.4, -0.2) is 69.8 Å². The van der Waals surface area contributed by atoms with E-state index in [0.717, 1.165) is 9.88 Å². The minimum Gasteiger partial charge on any atom is -0.486 e. The Kier molecular flexibility index (Phi) is 5.84. The van der Waals surface area contributed by atoms with Gasteiger partial charge >= 0.3 is 6.03 Å². The van der Waals surface area contributed by atoms with Crippen LogP contribution in [0.3, 0.4) is 0 Å². The molecule has 2 amide bonds. The number of aromatic nitrogens is 3. The molecule has 180 valence electrons. The van der Waals surface area contributed by atoms with Gasteiger partial charge in [0.1, 0.15) is 13.2 Å². The van der Waals surface area contributed by atoms with Crippen LogP contribution in [0.2, 0.25) is 0 Å². The van der Waals surface area contributed by atoms with Crippen LogP contribution in [0.1, 0.15) is 5.69 Å². The van der Waals surface area contributed by atoms with Crippen LogP contribution in [0.15, 0.2) is 46.6 Å². The Hall–Kier alpha value is -3.48. The van der Waals surface area contributed by atoms with Crippen LogP contribution in [0.25, 0.3) is 14.8 Å². The second-order valence-corrected chi connectivity index (χ2v) is 10.1. The summed E-state index contributed by atoms with van der Waals surface area (Å²) < 4.78 is 12.5.